The summed E-state index contributed by atoms with van der Waals surface area (Å²) >= 11 is 0. The van der Waals surface area contributed by atoms with E-state index >= 15 is 0 Å². The van der Waals surface area contributed by atoms with Gasteiger partial charge in [-0.15, -0.1) is 12.4 Å². The Morgan fingerprint density at radius 3 is 2.83 bits per heavy atom. The minimum absolute atomic E-state index is 0. The number of halogens is 1. The van der Waals surface area contributed by atoms with Crippen LogP contribution in [0.5, 0.6) is 5.75 Å². The molecule has 1 aliphatic heterocycles. The highest BCUT2D eigenvalue weighted by Gasteiger charge is 2.21. The van der Waals surface area contributed by atoms with Crippen molar-refractivity contribution in [1.29, 1.82) is 0 Å². The Labute approximate surface area is 145 Å². The molecule has 1 fully saturated rings. The van der Waals surface area contributed by atoms with Gasteiger partial charge in [0.15, 0.2) is 0 Å². The van der Waals surface area contributed by atoms with Crippen molar-refractivity contribution in [2.24, 2.45) is 5.92 Å². The van der Waals surface area contributed by atoms with Gasteiger partial charge in [-0.05, 0) is 55.7 Å². The van der Waals surface area contributed by atoms with Crippen molar-refractivity contribution in [3.05, 3.63) is 42.0 Å². The zero-order valence-corrected chi connectivity index (χ0v) is 14.9. The molecule has 4 heteroatoms. The van der Waals surface area contributed by atoms with Crippen LogP contribution in [0.15, 0.2) is 36.4 Å². The summed E-state index contributed by atoms with van der Waals surface area (Å²) in [5, 5.41) is 5.93. The molecule has 0 aliphatic carbocycles. The van der Waals surface area contributed by atoms with E-state index in [1.165, 1.54) is 42.3 Å². The number of benzene rings is 2. The molecule has 1 N–H and O–H groups in total. The van der Waals surface area contributed by atoms with Crippen molar-refractivity contribution < 1.29 is 4.74 Å². The first-order valence-corrected chi connectivity index (χ1v) is 8.23. The molecule has 23 heavy (non-hydrogen) atoms. The van der Waals surface area contributed by atoms with Crippen LogP contribution in [0.2, 0.25) is 0 Å². The van der Waals surface area contributed by atoms with Gasteiger partial charge in [0.05, 0.1) is 7.11 Å². The summed E-state index contributed by atoms with van der Waals surface area (Å²) in [6.45, 7) is 4.45. The first-order chi connectivity index (χ1) is 10.8. The van der Waals surface area contributed by atoms with E-state index in [9.17, 15) is 0 Å². The second-order valence-electron chi connectivity index (χ2n) is 6.27. The SMILES string of the molecule is CNCC1CCCN(Cc2c(OC)ccc3ccccc23)C1.Cl. The van der Waals surface area contributed by atoms with Crippen LogP contribution in [0.25, 0.3) is 10.8 Å². The maximum absolute atomic E-state index is 5.63. The number of likely N-dealkylation sites (tertiary alicyclic amines) is 1. The van der Waals surface area contributed by atoms with E-state index in [1.807, 2.05) is 7.05 Å². The molecule has 126 valence electrons. The van der Waals surface area contributed by atoms with Crippen LogP contribution >= 0.6 is 12.4 Å². The van der Waals surface area contributed by atoms with Gasteiger partial charge in [0, 0.05) is 18.7 Å². The van der Waals surface area contributed by atoms with E-state index in [4.69, 9.17) is 4.74 Å². The van der Waals surface area contributed by atoms with Gasteiger partial charge in [0.25, 0.3) is 0 Å². The highest BCUT2D eigenvalue weighted by molar-refractivity contribution is 5.87. The first-order valence-electron chi connectivity index (χ1n) is 8.23. The van der Waals surface area contributed by atoms with Crippen molar-refractivity contribution in [3.8, 4) is 5.75 Å². The summed E-state index contributed by atoms with van der Waals surface area (Å²) in [4.78, 5) is 2.58. The molecular formula is C19H27ClN2O. The fraction of sp³-hybridized carbons (Fsp3) is 0.474. The van der Waals surface area contributed by atoms with E-state index in [0.29, 0.717) is 0 Å². The highest BCUT2D eigenvalue weighted by Crippen LogP contribution is 2.30. The molecule has 2 aromatic carbocycles. The number of nitrogens with zero attached hydrogens (tertiary/aromatic N) is 1. The monoisotopic (exact) mass is 334 g/mol. The van der Waals surface area contributed by atoms with Crippen molar-refractivity contribution in [3.63, 3.8) is 0 Å². The second-order valence-corrected chi connectivity index (χ2v) is 6.27. The Kier molecular flexibility index (Phi) is 6.70. The quantitative estimate of drug-likeness (QED) is 0.902. The Balaban J connectivity index is 0.00000192. The van der Waals surface area contributed by atoms with E-state index in [-0.39, 0.29) is 12.4 Å². The minimum Gasteiger partial charge on any atom is -0.496 e. The van der Waals surface area contributed by atoms with Crippen molar-refractivity contribution >= 4 is 23.2 Å². The lowest BCUT2D eigenvalue weighted by Crippen LogP contribution is -2.38. The molecule has 3 rings (SSSR count). The van der Waals surface area contributed by atoms with Crippen LogP contribution in [0.4, 0.5) is 0 Å². The second kappa shape index (κ2) is 8.53. The van der Waals surface area contributed by atoms with Crippen molar-refractivity contribution in [2.45, 2.75) is 19.4 Å². The summed E-state index contributed by atoms with van der Waals surface area (Å²) in [6, 6.07) is 12.9. The number of hydrogen-bond acceptors (Lipinski definition) is 3. The Bertz CT molecular complexity index is 630. The fourth-order valence-corrected chi connectivity index (χ4v) is 3.64. The van der Waals surface area contributed by atoms with Gasteiger partial charge < -0.3 is 10.1 Å². The van der Waals surface area contributed by atoms with Crippen molar-refractivity contribution in [2.75, 3.05) is 33.8 Å². The maximum atomic E-state index is 5.63. The largest absolute Gasteiger partial charge is 0.496 e. The Morgan fingerprint density at radius 1 is 1.22 bits per heavy atom. The summed E-state index contributed by atoms with van der Waals surface area (Å²) in [6.07, 6.45) is 2.63. The number of nitrogens with one attached hydrogen (secondary N) is 1. The third kappa shape index (κ3) is 4.17. The van der Waals surface area contributed by atoms with Gasteiger partial charge in [-0.2, -0.15) is 0 Å². The molecule has 0 bridgehead atoms. The number of ether oxygens (including phenoxy) is 1. The normalized spacial score (nSPS) is 18.6. The van der Waals surface area contributed by atoms with Gasteiger partial charge >= 0.3 is 0 Å². The molecule has 1 unspecified atom stereocenters. The lowest BCUT2D eigenvalue weighted by Gasteiger charge is -2.33. The number of piperidine rings is 1. The third-order valence-electron chi connectivity index (χ3n) is 4.70. The van der Waals surface area contributed by atoms with Crippen LogP contribution in [-0.4, -0.2) is 38.7 Å². The van der Waals surface area contributed by atoms with Crippen LogP contribution in [0.1, 0.15) is 18.4 Å². The molecule has 0 saturated carbocycles. The molecule has 0 amide bonds. The number of hydrogen-bond donors (Lipinski definition) is 1. The van der Waals surface area contributed by atoms with Gasteiger partial charge in [0.1, 0.15) is 5.75 Å². The molecule has 0 spiro atoms. The Morgan fingerprint density at radius 2 is 2.04 bits per heavy atom. The molecule has 2 aromatic rings. The van der Waals surface area contributed by atoms with E-state index in [2.05, 4.69) is 46.6 Å². The standard InChI is InChI=1S/C19H26N2O.ClH/c1-20-12-15-6-5-11-21(13-15)14-18-17-8-4-3-7-16(17)9-10-19(18)22-2;/h3-4,7-10,15,20H,5-6,11-14H2,1-2H3;1H. The average Bonchev–Trinajstić information content (AvgIpc) is 2.56. The number of fused-ring (bicyclic) bond motifs is 1. The van der Waals surface area contributed by atoms with Crippen LogP contribution < -0.4 is 10.1 Å². The molecule has 1 heterocycles. The third-order valence-corrected chi connectivity index (χ3v) is 4.70. The minimum atomic E-state index is 0. The summed E-state index contributed by atoms with van der Waals surface area (Å²) < 4.78 is 5.63. The summed E-state index contributed by atoms with van der Waals surface area (Å²) in [5.74, 6) is 1.77. The molecular weight excluding hydrogens is 308 g/mol. The zero-order valence-electron chi connectivity index (χ0n) is 14.0. The first kappa shape index (κ1) is 18.1. The van der Waals surface area contributed by atoms with E-state index in [0.717, 1.165) is 24.8 Å². The predicted octanol–water partition coefficient (Wildman–Crippen LogP) is 3.70. The molecule has 1 aliphatic rings. The number of rotatable bonds is 5. The Hall–Kier alpha value is -1.29. The van der Waals surface area contributed by atoms with Gasteiger partial charge in [0.2, 0.25) is 0 Å². The van der Waals surface area contributed by atoms with E-state index < -0.39 is 0 Å². The molecule has 1 saturated heterocycles. The van der Waals surface area contributed by atoms with E-state index in [1.54, 1.807) is 7.11 Å². The predicted molar refractivity (Wildman–Crippen MR) is 99.7 cm³/mol. The molecule has 3 nitrogen and oxygen atoms in total. The lowest BCUT2D eigenvalue weighted by atomic mass is 9.96. The molecule has 0 radical (unpaired) electrons. The summed E-state index contributed by atoms with van der Waals surface area (Å²) in [7, 11) is 3.82. The van der Waals surface area contributed by atoms with Crippen LogP contribution in [0.3, 0.4) is 0 Å². The summed E-state index contributed by atoms with van der Waals surface area (Å²) in [5.41, 5.74) is 1.32. The fourth-order valence-electron chi connectivity index (χ4n) is 3.64. The maximum Gasteiger partial charge on any atom is 0.123 e. The van der Waals surface area contributed by atoms with Gasteiger partial charge in [-0.3, -0.25) is 4.90 Å². The molecule has 1 atom stereocenters. The van der Waals surface area contributed by atoms with Crippen molar-refractivity contribution in [1.82, 2.24) is 10.2 Å². The van der Waals surface area contributed by atoms with Gasteiger partial charge in [-0.1, -0.05) is 30.3 Å². The average molecular weight is 335 g/mol. The number of methoxy groups -OCH3 is 1. The highest BCUT2D eigenvalue weighted by atomic mass is 35.5. The van der Waals surface area contributed by atoms with Crippen LogP contribution in [-0.2, 0) is 6.54 Å². The molecule has 0 aromatic heterocycles. The van der Waals surface area contributed by atoms with Crippen LogP contribution in [0, 0.1) is 5.92 Å². The lowest BCUT2D eigenvalue weighted by molar-refractivity contribution is 0.166. The smallest absolute Gasteiger partial charge is 0.123 e. The zero-order chi connectivity index (χ0) is 15.4. The topological polar surface area (TPSA) is 24.5 Å². The van der Waals surface area contributed by atoms with Gasteiger partial charge in [-0.25, -0.2) is 0 Å².